The zero-order valence-electron chi connectivity index (χ0n) is 22.5. The number of aromatic nitrogens is 4. The highest BCUT2D eigenvalue weighted by Gasteiger charge is 2.18. The molecule has 5 rings (SSSR count). The van der Waals surface area contributed by atoms with Gasteiger partial charge in [0.15, 0.2) is 0 Å². The lowest BCUT2D eigenvalue weighted by molar-refractivity contribution is 0.201. The number of rotatable bonds is 11. The van der Waals surface area contributed by atoms with Gasteiger partial charge >= 0.3 is 6.09 Å². The Balaban J connectivity index is 1.19. The number of ether oxygens (including phenoxy) is 1. The van der Waals surface area contributed by atoms with E-state index in [9.17, 15) is 9.90 Å². The van der Waals surface area contributed by atoms with Crippen molar-refractivity contribution in [2.45, 2.75) is 39.2 Å². The molecule has 2 aromatic carbocycles. The third kappa shape index (κ3) is 7.32. The molecule has 4 aromatic rings. The number of benzene rings is 2. The van der Waals surface area contributed by atoms with Crippen LogP contribution in [0.1, 0.15) is 37.1 Å². The second-order valence-corrected chi connectivity index (χ2v) is 9.70. The van der Waals surface area contributed by atoms with Gasteiger partial charge in [-0.2, -0.15) is 9.97 Å². The number of carboxylic acid groups (broad SMARTS) is 1. The van der Waals surface area contributed by atoms with Gasteiger partial charge in [-0.15, -0.1) is 0 Å². The summed E-state index contributed by atoms with van der Waals surface area (Å²) in [5.74, 6) is 2.26. The molecule has 3 heterocycles. The Morgan fingerprint density at radius 2 is 1.93 bits per heavy atom. The zero-order valence-corrected chi connectivity index (χ0v) is 22.5. The predicted octanol–water partition coefficient (Wildman–Crippen LogP) is 5.52. The average Bonchev–Trinajstić information content (AvgIpc) is 3.41. The van der Waals surface area contributed by atoms with Crippen LogP contribution in [0.25, 0.3) is 11.4 Å². The molecule has 1 aliphatic heterocycles. The minimum Gasteiger partial charge on any atom is -0.493 e. The van der Waals surface area contributed by atoms with E-state index in [-0.39, 0.29) is 18.3 Å². The molecule has 208 valence electrons. The third-order valence-electron chi connectivity index (χ3n) is 6.65. The first-order valence-corrected chi connectivity index (χ1v) is 13.5. The Morgan fingerprint density at radius 1 is 1.10 bits per heavy atom. The molecule has 0 unspecified atom stereocenters. The summed E-state index contributed by atoms with van der Waals surface area (Å²) < 4.78 is 11.0. The fourth-order valence-electron chi connectivity index (χ4n) is 4.62. The van der Waals surface area contributed by atoms with Crippen molar-refractivity contribution < 1.29 is 19.2 Å². The minimum atomic E-state index is -1.12. The molecule has 2 aromatic heterocycles. The van der Waals surface area contributed by atoms with Crippen molar-refractivity contribution in [2.75, 3.05) is 36.5 Å². The number of nitrogens with zero attached hydrogens (tertiary/aromatic N) is 6. The Kier molecular flexibility index (Phi) is 8.82. The van der Waals surface area contributed by atoms with Crippen LogP contribution in [0.15, 0.2) is 65.3 Å². The van der Waals surface area contributed by atoms with Gasteiger partial charge < -0.3 is 24.6 Å². The van der Waals surface area contributed by atoms with E-state index in [1.54, 1.807) is 13.0 Å². The highest BCUT2D eigenvalue weighted by Crippen LogP contribution is 2.23. The van der Waals surface area contributed by atoms with E-state index < -0.39 is 6.09 Å². The molecule has 1 fully saturated rings. The van der Waals surface area contributed by atoms with Crippen LogP contribution in [-0.2, 0) is 6.54 Å². The third-order valence-corrected chi connectivity index (χ3v) is 6.65. The summed E-state index contributed by atoms with van der Waals surface area (Å²) in [5.41, 5.74) is 2.31. The van der Waals surface area contributed by atoms with Gasteiger partial charge in [-0.1, -0.05) is 41.9 Å². The lowest BCUT2D eigenvalue weighted by Crippen LogP contribution is -2.31. The van der Waals surface area contributed by atoms with Gasteiger partial charge in [0, 0.05) is 37.0 Å². The van der Waals surface area contributed by atoms with E-state index in [2.05, 4.69) is 30.3 Å². The summed E-state index contributed by atoms with van der Waals surface area (Å²) in [6.45, 7) is 5.91. The molecule has 1 aliphatic rings. The Labute approximate surface area is 232 Å². The monoisotopic (exact) mass is 543 g/mol. The number of hydrogen-bond donors (Lipinski definition) is 2. The molecule has 11 nitrogen and oxygen atoms in total. The first kappa shape index (κ1) is 27.1. The summed E-state index contributed by atoms with van der Waals surface area (Å²) in [7, 11) is 0. The molecule has 1 amide bonds. The van der Waals surface area contributed by atoms with Gasteiger partial charge in [0.2, 0.25) is 17.7 Å². The van der Waals surface area contributed by atoms with Crippen LogP contribution in [0, 0.1) is 6.92 Å². The number of nitrogens with one attached hydrogen (secondary N) is 1. The van der Waals surface area contributed by atoms with Crippen molar-refractivity contribution in [1.29, 1.82) is 0 Å². The van der Waals surface area contributed by atoms with Crippen LogP contribution in [-0.4, -0.2) is 62.4 Å². The van der Waals surface area contributed by atoms with Crippen LogP contribution in [0.3, 0.4) is 0 Å². The average molecular weight is 544 g/mol. The van der Waals surface area contributed by atoms with Crippen LogP contribution in [0.4, 0.5) is 22.2 Å². The quantitative estimate of drug-likeness (QED) is 0.233. The van der Waals surface area contributed by atoms with Crippen LogP contribution < -0.4 is 15.0 Å². The van der Waals surface area contributed by atoms with Gasteiger partial charge in [0.05, 0.1) is 13.2 Å². The second kappa shape index (κ2) is 13.0. The van der Waals surface area contributed by atoms with Crippen molar-refractivity contribution in [3.8, 4) is 17.1 Å². The fourth-order valence-corrected chi connectivity index (χ4v) is 4.62. The lowest BCUT2D eigenvalue weighted by atomic mass is 10.1. The maximum atomic E-state index is 12.1. The maximum absolute atomic E-state index is 12.1. The number of carbonyl (C=O) groups is 1. The predicted molar refractivity (Wildman–Crippen MR) is 151 cm³/mol. The maximum Gasteiger partial charge on any atom is 0.413 e. The molecule has 40 heavy (non-hydrogen) atoms. The molecule has 0 atom stereocenters. The lowest BCUT2D eigenvalue weighted by Gasteiger charge is -2.26. The highest BCUT2D eigenvalue weighted by atomic mass is 16.5. The smallest absolute Gasteiger partial charge is 0.413 e. The van der Waals surface area contributed by atoms with Crippen LogP contribution in [0.2, 0.25) is 0 Å². The van der Waals surface area contributed by atoms with Crippen LogP contribution >= 0.6 is 0 Å². The summed E-state index contributed by atoms with van der Waals surface area (Å²) >= 11 is 0. The first-order valence-electron chi connectivity index (χ1n) is 13.5. The second-order valence-electron chi connectivity index (χ2n) is 9.70. The number of likely N-dealkylation sites (tertiary alicyclic amines) is 1. The van der Waals surface area contributed by atoms with Crippen molar-refractivity contribution in [3.05, 3.63) is 72.2 Å². The first-order chi connectivity index (χ1) is 19.5. The van der Waals surface area contributed by atoms with Crippen LogP contribution in [0.5, 0.6) is 5.75 Å². The topological polar surface area (TPSA) is 130 Å². The fraction of sp³-hybridized carbons (Fsp3) is 0.345. The Bertz CT molecular complexity index is 1400. The number of anilines is 3. The van der Waals surface area contributed by atoms with E-state index >= 15 is 0 Å². The number of piperidine rings is 1. The normalized spacial score (nSPS) is 13.6. The molecule has 1 saturated heterocycles. The molecule has 11 heteroatoms. The Hall–Kier alpha value is -4.51. The van der Waals surface area contributed by atoms with E-state index in [4.69, 9.17) is 9.26 Å². The van der Waals surface area contributed by atoms with Gasteiger partial charge in [-0.25, -0.2) is 9.78 Å². The van der Waals surface area contributed by atoms with Gasteiger partial charge in [-0.3, -0.25) is 4.90 Å². The van der Waals surface area contributed by atoms with Crippen molar-refractivity contribution in [2.24, 2.45) is 0 Å². The molecule has 0 saturated carbocycles. The van der Waals surface area contributed by atoms with Crippen molar-refractivity contribution >= 4 is 23.5 Å². The van der Waals surface area contributed by atoms with Gasteiger partial charge in [-0.05, 0) is 56.1 Å². The summed E-state index contributed by atoms with van der Waals surface area (Å²) in [6, 6.07) is 16.5. The molecular formula is C29H33N7O4. The molecular weight excluding hydrogens is 510 g/mol. The van der Waals surface area contributed by atoms with E-state index in [1.165, 1.54) is 43.4 Å². The minimum absolute atomic E-state index is 0.109. The molecule has 2 N–H and O–H groups in total. The summed E-state index contributed by atoms with van der Waals surface area (Å²) in [5, 5.41) is 17.0. The van der Waals surface area contributed by atoms with Gasteiger partial charge in [0.1, 0.15) is 11.6 Å². The molecule has 0 spiro atoms. The number of aryl methyl sites for hydroxylation is 1. The summed E-state index contributed by atoms with van der Waals surface area (Å²) in [6.07, 6.45) is 5.30. The van der Waals surface area contributed by atoms with E-state index in [0.717, 1.165) is 35.5 Å². The largest absolute Gasteiger partial charge is 0.493 e. The Morgan fingerprint density at radius 3 is 2.67 bits per heavy atom. The zero-order chi connectivity index (χ0) is 27.7. The van der Waals surface area contributed by atoms with E-state index in [1.807, 2.05) is 48.5 Å². The van der Waals surface area contributed by atoms with E-state index in [0.29, 0.717) is 18.3 Å². The molecule has 0 bridgehead atoms. The summed E-state index contributed by atoms with van der Waals surface area (Å²) in [4.78, 5) is 28.7. The van der Waals surface area contributed by atoms with Crippen molar-refractivity contribution in [1.82, 2.24) is 25.0 Å². The van der Waals surface area contributed by atoms with Crippen molar-refractivity contribution in [3.63, 3.8) is 0 Å². The highest BCUT2D eigenvalue weighted by molar-refractivity contribution is 5.84. The standard InChI is InChI=1S/C29H33N7O4/c1-21-31-27(34-40-21)23-11-9-22(10-12-23)20-36(29(37)38)26-13-14-30-28(33-26)32-24-7-5-8-25(19-24)39-18-6-17-35-15-3-2-4-16-35/h5,7-14,19H,2-4,6,15-18,20H2,1H3,(H,37,38)(H,30,32,33). The SMILES string of the molecule is Cc1nc(-c2ccc(CN(C(=O)O)c3ccnc(Nc4cccc(OCCCN5CCCCC5)c4)n3)cc2)no1. The molecule has 0 aliphatic carbocycles. The molecule has 0 radical (unpaired) electrons. The number of hydrogen-bond acceptors (Lipinski definition) is 9. The number of amides is 1. The van der Waals surface area contributed by atoms with Gasteiger partial charge in [0.25, 0.3) is 0 Å².